The average molecular weight is 577 g/mol. The molecule has 228 valence electrons. The van der Waals surface area contributed by atoms with Crippen molar-refractivity contribution in [3.8, 4) is 0 Å². The minimum atomic E-state index is -1.96. The monoisotopic (exact) mass is 576 g/mol. The van der Waals surface area contributed by atoms with Crippen molar-refractivity contribution in [2.75, 3.05) is 13.2 Å². The topological polar surface area (TPSA) is 219 Å². The number of hydrogen-bond donors (Lipinski definition) is 6. The third kappa shape index (κ3) is 7.56. The van der Waals surface area contributed by atoms with Gasteiger partial charge in [-0.25, -0.2) is 4.79 Å². The maximum absolute atomic E-state index is 12.6. The van der Waals surface area contributed by atoms with E-state index in [0.717, 1.165) is 0 Å². The Labute approximate surface area is 231 Å². The van der Waals surface area contributed by atoms with Gasteiger partial charge in [0.1, 0.15) is 48.7 Å². The Bertz CT molecular complexity index is 921. The number of esters is 2. The summed E-state index contributed by atoms with van der Waals surface area (Å²) < 4.78 is 16.0. The number of rotatable bonds is 12. The lowest BCUT2D eigenvalue weighted by Crippen LogP contribution is -2.59. The van der Waals surface area contributed by atoms with Crippen molar-refractivity contribution in [1.29, 1.82) is 0 Å². The van der Waals surface area contributed by atoms with Gasteiger partial charge in [-0.05, 0) is 18.4 Å². The number of carbonyl (C=O) groups excluding carboxylic acids is 3. The molecular weight excluding hydrogens is 536 g/mol. The molecule has 1 saturated carbocycles. The van der Waals surface area contributed by atoms with Crippen molar-refractivity contribution in [2.24, 2.45) is 23.7 Å². The van der Waals surface area contributed by atoms with E-state index in [9.17, 15) is 39.9 Å². The summed E-state index contributed by atoms with van der Waals surface area (Å²) in [5.41, 5.74) is 0. The van der Waals surface area contributed by atoms with E-state index in [1.54, 1.807) is 13.0 Å². The molecule has 0 unspecified atom stereocenters. The number of fused-ring (bicyclic) bond motifs is 1. The number of ether oxygens (including phenoxy) is 3. The molecule has 14 heteroatoms. The summed E-state index contributed by atoms with van der Waals surface area (Å²) in [6, 6.07) is 0. The number of carbonyl (C=O) groups is 3. The molecule has 0 radical (unpaired) electrons. The number of Topliss-reactive ketones (excluding diaryl/α,β-unsaturated/α-hetero) is 1. The molecule has 0 spiro atoms. The summed E-state index contributed by atoms with van der Waals surface area (Å²) in [5, 5.41) is 59.1. The van der Waals surface area contributed by atoms with Gasteiger partial charge in [-0.2, -0.15) is 4.89 Å². The minimum Gasteiger partial charge on any atom is -0.462 e. The molecule has 0 aromatic rings. The van der Waals surface area contributed by atoms with Crippen LogP contribution in [-0.2, 0) is 38.4 Å². The SMILES string of the molecule is CC(C)CC(=O)O[C@@H]1CC=C(OO[C@@H]2O[C@H](COC(=O)[C@H](O)[C@H](O)CCO)[C@@H](O)[C@H](O)[C@H]2O)[C@H]2CC(=O)[C@H](C)[C@H]21. The molecule has 14 nitrogen and oxygen atoms in total. The van der Waals surface area contributed by atoms with Crippen LogP contribution in [0, 0.1) is 23.7 Å². The van der Waals surface area contributed by atoms with Gasteiger partial charge in [-0.15, -0.1) is 0 Å². The molecule has 40 heavy (non-hydrogen) atoms. The molecular formula is C26H40O14. The van der Waals surface area contributed by atoms with Gasteiger partial charge in [0.25, 0.3) is 0 Å². The Morgan fingerprint density at radius 1 is 1.12 bits per heavy atom. The Hall–Kier alpha value is -2.17. The molecule has 1 aliphatic heterocycles. The Morgan fingerprint density at radius 3 is 2.48 bits per heavy atom. The molecule has 11 atom stereocenters. The molecule has 0 aromatic heterocycles. The number of ketones is 1. The zero-order valence-corrected chi connectivity index (χ0v) is 22.7. The fourth-order valence-corrected chi connectivity index (χ4v) is 5.22. The summed E-state index contributed by atoms with van der Waals surface area (Å²) >= 11 is 0. The Morgan fingerprint density at radius 2 is 1.82 bits per heavy atom. The molecule has 3 rings (SSSR count). The standard InChI is InChI=1S/C26H40O14/c1-11(2)8-19(30)37-17-5-4-16(13-9-15(29)12(3)20(13)17)39-40-26-24(34)23(33)22(32)18(38-26)10-36-25(35)21(31)14(28)6-7-27/h4,11-14,17-18,20-24,26-28,31-34H,5-10H2,1-3H3/t12-,13+,14+,17+,18+,20+,21+,22+,23-,24+,26-/m0/s1. The van der Waals surface area contributed by atoms with E-state index in [1.165, 1.54) is 0 Å². The third-order valence-corrected chi connectivity index (χ3v) is 7.50. The van der Waals surface area contributed by atoms with E-state index in [0.29, 0.717) is 0 Å². The minimum absolute atomic E-state index is 0.0306. The second kappa shape index (κ2) is 14.1. The second-order valence-electron chi connectivity index (χ2n) is 11.0. The highest BCUT2D eigenvalue weighted by Gasteiger charge is 2.51. The highest BCUT2D eigenvalue weighted by atomic mass is 17.2. The lowest BCUT2D eigenvalue weighted by molar-refractivity contribution is -0.414. The summed E-state index contributed by atoms with van der Waals surface area (Å²) in [6.45, 7) is 4.39. The van der Waals surface area contributed by atoms with Crippen LogP contribution in [-0.4, -0.2) is 111 Å². The number of aliphatic hydroxyl groups excluding tert-OH is 6. The van der Waals surface area contributed by atoms with Crippen LogP contribution in [0.1, 0.15) is 46.5 Å². The van der Waals surface area contributed by atoms with Crippen LogP contribution in [0.3, 0.4) is 0 Å². The Kier molecular flexibility index (Phi) is 11.4. The summed E-state index contributed by atoms with van der Waals surface area (Å²) in [4.78, 5) is 47.6. The van der Waals surface area contributed by atoms with E-state index in [4.69, 9.17) is 29.1 Å². The average Bonchev–Trinajstić information content (AvgIpc) is 3.20. The van der Waals surface area contributed by atoms with Crippen LogP contribution in [0.15, 0.2) is 11.8 Å². The van der Waals surface area contributed by atoms with Gasteiger partial charge < -0.3 is 49.7 Å². The predicted octanol–water partition coefficient (Wildman–Crippen LogP) is -1.52. The van der Waals surface area contributed by atoms with Crippen LogP contribution in [0.25, 0.3) is 0 Å². The first-order valence-corrected chi connectivity index (χ1v) is 13.4. The molecule has 2 aliphatic carbocycles. The number of allylic oxidation sites excluding steroid dienone is 1. The first kappa shape index (κ1) is 32.3. The van der Waals surface area contributed by atoms with Crippen LogP contribution < -0.4 is 0 Å². The zero-order valence-electron chi connectivity index (χ0n) is 22.7. The van der Waals surface area contributed by atoms with E-state index >= 15 is 0 Å². The fraction of sp³-hybridized carbons (Fsp3) is 0.808. The fourth-order valence-electron chi connectivity index (χ4n) is 5.22. The lowest BCUT2D eigenvalue weighted by Gasteiger charge is -2.40. The van der Waals surface area contributed by atoms with Crippen molar-refractivity contribution in [1.82, 2.24) is 0 Å². The summed E-state index contributed by atoms with van der Waals surface area (Å²) in [5.74, 6) is -2.47. The van der Waals surface area contributed by atoms with Crippen molar-refractivity contribution in [2.45, 2.75) is 95.5 Å². The van der Waals surface area contributed by atoms with Crippen molar-refractivity contribution in [3.05, 3.63) is 11.8 Å². The van der Waals surface area contributed by atoms with Crippen molar-refractivity contribution in [3.63, 3.8) is 0 Å². The van der Waals surface area contributed by atoms with Gasteiger partial charge in [0, 0.05) is 43.6 Å². The number of aliphatic hydroxyl groups is 6. The summed E-state index contributed by atoms with van der Waals surface area (Å²) in [7, 11) is 0. The van der Waals surface area contributed by atoms with Crippen LogP contribution in [0.4, 0.5) is 0 Å². The van der Waals surface area contributed by atoms with Gasteiger partial charge in [0.2, 0.25) is 6.29 Å². The predicted molar refractivity (Wildman–Crippen MR) is 131 cm³/mol. The van der Waals surface area contributed by atoms with Gasteiger partial charge in [-0.1, -0.05) is 20.8 Å². The smallest absolute Gasteiger partial charge is 0.337 e. The zero-order chi connectivity index (χ0) is 29.7. The molecule has 2 fully saturated rings. The van der Waals surface area contributed by atoms with E-state index in [1.807, 2.05) is 13.8 Å². The summed E-state index contributed by atoms with van der Waals surface area (Å²) in [6.07, 6.45) is -10.4. The van der Waals surface area contributed by atoms with E-state index < -0.39 is 80.0 Å². The molecule has 0 bridgehead atoms. The molecule has 3 aliphatic rings. The van der Waals surface area contributed by atoms with Gasteiger partial charge in [0.05, 0.1) is 6.10 Å². The highest BCUT2D eigenvalue weighted by molar-refractivity contribution is 5.84. The molecule has 0 aromatic carbocycles. The third-order valence-electron chi connectivity index (χ3n) is 7.50. The normalized spacial score (nSPS) is 35.5. The molecule has 0 amide bonds. The maximum atomic E-state index is 12.6. The van der Waals surface area contributed by atoms with Crippen LogP contribution in [0.2, 0.25) is 0 Å². The first-order chi connectivity index (χ1) is 18.8. The highest BCUT2D eigenvalue weighted by Crippen LogP contribution is 2.46. The number of hydrogen-bond acceptors (Lipinski definition) is 14. The maximum Gasteiger partial charge on any atom is 0.337 e. The Balaban J connectivity index is 1.62. The van der Waals surface area contributed by atoms with E-state index in [2.05, 4.69) is 0 Å². The van der Waals surface area contributed by atoms with Crippen molar-refractivity contribution < 1.29 is 69.0 Å². The van der Waals surface area contributed by atoms with Gasteiger partial charge >= 0.3 is 11.9 Å². The van der Waals surface area contributed by atoms with Crippen LogP contribution >= 0.6 is 0 Å². The second-order valence-corrected chi connectivity index (χ2v) is 11.0. The van der Waals surface area contributed by atoms with E-state index in [-0.39, 0.29) is 55.0 Å². The van der Waals surface area contributed by atoms with Crippen molar-refractivity contribution >= 4 is 17.7 Å². The molecule has 1 saturated heterocycles. The first-order valence-electron chi connectivity index (χ1n) is 13.4. The molecule has 6 N–H and O–H groups in total. The largest absolute Gasteiger partial charge is 0.462 e. The molecule has 1 heterocycles. The van der Waals surface area contributed by atoms with Crippen LogP contribution in [0.5, 0.6) is 0 Å². The van der Waals surface area contributed by atoms with Gasteiger partial charge in [-0.3, -0.25) is 9.59 Å². The quantitative estimate of drug-likeness (QED) is 0.0883. The van der Waals surface area contributed by atoms with Gasteiger partial charge in [0.15, 0.2) is 6.10 Å². The lowest BCUT2D eigenvalue weighted by atomic mass is 9.79.